The highest BCUT2D eigenvalue weighted by Gasteiger charge is 2.35. The Balaban J connectivity index is 1.39. The summed E-state index contributed by atoms with van der Waals surface area (Å²) in [5, 5.41) is 16.0. The zero-order valence-corrected chi connectivity index (χ0v) is 18.3. The number of ether oxygens (including phenoxy) is 3. The number of aromatic nitrogens is 2. The van der Waals surface area contributed by atoms with Crippen LogP contribution in [-0.4, -0.2) is 71.9 Å². The molecule has 3 heterocycles. The van der Waals surface area contributed by atoms with Crippen molar-refractivity contribution in [1.29, 1.82) is 0 Å². The van der Waals surface area contributed by atoms with Gasteiger partial charge in [0.1, 0.15) is 29.4 Å². The summed E-state index contributed by atoms with van der Waals surface area (Å²) in [7, 11) is 1.38. The molecule has 1 saturated heterocycles. The lowest BCUT2D eigenvalue weighted by molar-refractivity contribution is -0.178. The minimum atomic E-state index is -0.472. The number of amides is 1. The second kappa shape index (κ2) is 10.2. The van der Waals surface area contributed by atoms with Crippen LogP contribution in [-0.2, 0) is 20.9 Å². The highest BCUT2D eigenvalue weighted by atomic mass is 19.1. The Morgan fingerprint density at radius 2 is 2.09 bits per heavy atom. The number of oxime groups is 1. The number of methoxy groups -OCH3 is 1. The van der Waals surface area contributed by atoms with Gasteiger partial charge in [0.2, 0.25) is 0 Å². The van der Waals surface area contributed by atoms with Crippen molar-refractivity contribution in [3.63, 3.8) is 0 Å². The predicted octanol–water partition coefficient (Wildman–Crippen LogP) is 1.13. The SMILES string of the molecule is COc1cc(CNC(=O)c2cc(C3=NOC([C@@H]4CO[C@@H](CO)CO4)C3)nc(C)n2)ccc1F. The maximum Gasteiger partial charge on any atom is 0.270 e. The molecule has 1 aromatic heterocycles. The van der Waals surface area contributed by atoms with Crippen molar-refractivity contribution in [1.82, 2.24) is 15.3 Å². The third-order valence-electron chi connectivity index (χ3n) is 5.34. The number of aryl methyl sites for hydroxylation is 1. The quantitative estimate of drug-likeness (QED) is 0.630. The van der Waals surface area contributed by atoms with E-state index in [1.165, 1.54) is 19.2 Å². The number of halogens is 1. The molecule has 3 atom stereocenters. The van der Waals surface area contributed by atoms with Crippen molar-refractivity contribution in [2.75, 3.05) is 26.9 Å². The summed E-state index contributed by atoms with van der Waals surface area (Å²) in [6, 6.07) is 5.93. The van der Waals surface area contributed by atoms with Gasteiger partial charge in [-0.25, -0.2) is 14.4 Å². The summed E-state index contributed by atoms with van der Waals surface area (Å²) in [5.41, 5.74) is 1.93. The molecule has 2 aromatic rings. The van der Waals surface area contributed by atoms with E-state index >= 15 is 0 Å². The summed E-state index contributed by atoms with van der Waals surface area (Å²) in [5.74, 6) is -0.356. The van der Waals surface area contributed by atoms with Gasteiger partial charge in [0.05, 0.1) is 32.6 Å². The smallest absolute Gasteiger partial charge is 0.270 e. The van der Waals surface area contributed by atoms with Crippen LogP contribution >= 0.6 is 0 Å². The lowest BCUT2D eigenvalue weighted by atomic mass is 10.0. The second-order valence-corrected chi connectivity index (χ2v) is 7.73. The highest BCUT2D eigenvalue weighted by molar-refractivity contribution is 6.02. The number of aliphatic hydroxyl groups excluding tert-OH is 1. The molecule has 0 aliphatic carbocycles. The number of rotatable bonds is 7. The lowest BCUT2D eigenvalue weighted by Gasteiger charge is -2.30. The molecule has 0 saturated carbocycles. The number of benzene rings is 1. The topological polar surface area (TPSA) is 124 Å². The molecule has 2 aliphatic rings. The molecule has 2 N–H and O–H groups in total. The number of nitrogens with zero attached hydrogens (tertiary/aromatic N) is 3. The molecule has 1 amide bonds. The van der Waals surface area contributed by atoms with E-state index in [9.17, 15) is 9.18 Å². The van der Waals surface area contributed by atoms with Crippen LogP contribution in [0, 0.1) is 12.7 Å². The molecular formula is C22H25FN4O6. The van der Waals surface area contributed by atoms with Crippen molar-refractivity contribution < 1.29 is 33.3 Å². The molecule has 176 valence electrons. The third-order valence-corrected chi connectivity index (χ3v) is 5.34. The van der Waals surface area contributed by atoms with E-state index < -0.39 is 11.7 Å². The van der Waals surface area contributed by atoms with Gasteiger partial charge in [-0.1, -0.05) is 11.2 Å². The van der Waals surface area contributed by atoms with E-state index in [1.54, 1.807) is 19.1 Å². The standard InChI is InChI=1S/C22H25FN4O6/c1-12-25-16(17-7-20(33-27-17)21-11-31-14(9-28)10-32-21)6-18(26-12)22(29)24-8-13-3-4-15(23)19(5-13)30-2/h3-6,14,20-21,28H,7-11H2,1-2H3,(H,24,29)/t14-,20?,21-/m0/s1. The first-order valence-corrected chi connectivity index (χ1v) is 10.5. The van der Waals surface area contributed by atoms with Crippen molar-refractivity contribution in [2.24, 2.45) is 5.16 Å². The second-order valence-electron chi connectivity index (χ2n) is 7.73. The number of carbonyl (C=O) groups excluding carboxylic acids is 1. The van der Waals surface area contributed by atoms with Crippen LogP contribution in [0.1, 0.15) is 34.0 Å². The van der Waals surface area contributed by atoms with Gasteiger partial charge in [-0.3, -0.25) is 4.79 Å². The van der Waals surface area contributed by atoms with Crippen LogP contribution in [0.25, 0.3) is 0 Å². The number of aliphatic hydroxyl groups is 1. The molecule has 33 heavy (non-hydrogen) atoms. The molecule has 11 heteroatoms. The average Bonchev–Trinajstić information content (AvgIpc) is 3.33. The molecule has 1 aromatic carbocycles. The molecule has 10 nitrogen and oxygen atoms in total. The Morgan fingerprint density at radius 3 is 2.82 bits per heavy atom. The first-order chi connectivity index (χ1) is 16.0. The van der Waals surface area contributed by atoms with Crippen LogP contribution in [0.3, 0.4) is 0 Å². The van der Waals surface area contributed by atoms with Gasteiger partial charge < -0.3 is 29.5 Å². The van der Waals surface area contributed by atoms with Gasteiger partial charge in [-0.2, -0.15) is 0 Å². The van der Waals surface area contributed by atoms with Gasteiger partial charge in [0.15, 0.2) is 17.7 Å². The summed E-state index contributed by atoms with van der Waals surface area (Å²) in [6.07, 6.45) is -0.553. The molecule has 1 unspecified atom stereocenters. The molecule has 2 aliphatic heterocycles. The molecule has 1 fully saturated rings. The fraction of sp³-hybridized carbons (Fsp3) is 0.455. The summed E-state index contributed by atoms with van der Waals surface area (Å²) < 4.78 is 29.8. The van der Waals surface area contributed by atoms with E-state index in [4.69, 9.17) is 24.2 Å². The Hall–Kier alpha value is -3.15. The van der Waals surface area contributed by atoms with E-state index in [-0.39, 0.29) is 49.5 Å². The van der Waals surface area contributed by atoms with E-state index in [1.807, 2.05) is 0 Å². The average molecular weight is 460 g/mol. The van der Waals surface area contributed by atoms with Crippen LogP contribution in [0.5, 0.6) is 5.75 Å². The Labute approximate surface area is 189 Å². The van der Waals surface area contributed by atoms with Crippen LogP contribution in [0.15, 0.2) is 29.4 Å². The van der Waals surface area contributed by atoms with Gasteiger partial charge in [-0.15, -0.1) is 0 Å². The summed E-state index contributed by atoms with van der Waals surface area (Å²) in [6.45, 7) is 2.34. The number of hydrogen-bond acceptors (Lipinski definition) is 9. The van der Waals surface area contributed by atoms with E-state index in [0.29, 0.717) is 35.8 Å². The zero-order valence-electron chi connectivity index (χ0n) is 18.3. The van der Waals surface area contributed by atoms with Crippen LogP contribution < -0.4 is 10.1 Å². The highest BCUT2D eigenvalue weighted by Crippen LogP contribution is 2.23. The molecular weight excluding hydrogens is 435 g/mol. The van der Waals surface area contributed by atoms with Gasteiger partial charge in [-0.05, 0) is 30.7 Å². The molecule has 0 radical (unpaired) electrons. The Bertz CT molecular complexity index is 1040. The van der Waals surface area contributed by atoms with Crippen LogP contribution in [0.4, 0.5) is 4.39 Å². The first-order valence-electron chi connectivity index (χ1n) is 10.5. The Morgan fingerprint density at radius 1 is 1.24 bits per heavy atom. The zero-order chi connectivity index (χ0) is 23.4. The predicted molar refractivity (Wildman–Crippen MR) is 113 cm³/mol. The van der Waals surface area contributed by atoms with Gasteiger partial charge >= 0.3 is 0 Å². The monoisotopic (exact) mass is 460 g/mol. The van der Waals surface area contributed by atoms with Gasteiger partial charge in [0, 0.05) is 13.0 Å². The normalized spacial score (nSPS) is 22.4. The molecule has 4 rings (SSSR count). The minimum Gasteiger partial charge on any atom is -0.494 e. The van der Waals surface area contributed by atoms with Crippen molar-refractivity contribution in [2.45, 2.75) is 38.2 Å². The lowest BCUT2D eigenvalue weighted by Crippen LogP contribution is -2.43. The largest absolute Gasteiger partial charge is 0.494 e. The number of carbonyl (C=O) groups is 1. The number of hydrogen-bond donors (Lipinski definition) is 2. The first kappa shape index (κ1) is 23.0. The fourth-order valence-electron chi connectivity index (χ4n) is 3.54. The van der Waals surface area contributed by atoms with Crippen molar-refractivity contribution in [3.8, 4) is 5.75 Å². The maximum atomic E-state index is 13.6. The van der Waals surface area contributed by atoms with Crippen molar-refractivity contribution >= 4 is 11.6 Å². The fourth-order valence-corrected chi connectivity index (χ4v) is 3.54. The van der Waals surface area contributed by atoms with Crippen LogP contribution in [0.2, 0.25) is 0 Å². The molecule has 0 bridgehead atoms. The van der Waals surface area contributed by atoms with Gasteiger partial charge in [0.25, 0.3) is 5.91 Å². The number of nitrogens with one attached hydrogen (secondary N) is 1. The summed E-state index contributed by atoms with van der Waals surface area (Å²) >= 11 is 0. The minimum absolute atomic E-state index is 0.0975. The third kappa shape index (κ3) is 5.44. The van der Waals surface area contributed by atoms with Crippen molar-refractivity contribution in [3.05, 3.63) is 52.9 Å². The van der Waals surface area contributed by atoms with E-state index in [0.717, 1.165) is 0 Å². The van der Waals surface area contributed by atoms with E-state index in [2.05, 4.69) is 20.4 Å². The summed E-state index contributed by atoms with van der Waals surface area (Å²) in [4.78, 5) is 26.8. The Kier molecular flexibility index (Phi) is 7.11. The maximum absolute atomic E-state index is 13.6. The molecule has 0 spiro atoms.